The average Bonchev–Trinajstić information content (AvgIpc) is 2.55. The molecule has 3 rings (SSSR count). The first-order valence-electron chi connectivity index (χ1n) is 8.46. The molecule has 2 saturated heterocycles. The molecule has 26 heavy (non-hydrogen) atoms. The molecule has 8 nitrogen and oxygen atoms in total. The normalized spacial score (nSPS) is 22.8. The fraction of sp³-hybridized carbons (Fsp3) is 0.529. The number of anilines is 1. The Kier molecular flexibility index (Phi) is 4.90. The van der Waals surface area contributed by atoms with E-state index < -0.39 is 29.2 Å². The van der Waals surface area contributed by atoms with Gasteiger partial charge in [0, 0.05) is 25.7 Å². The van der Waals surface area contributed by atoms with Crippen molar-refractivity contribution < 1.29 is 29.0 Å². The number of hydrogen-bond donors (Lipinski definition) is 3. The minimum Gasteiger partial charge on any atom is -0.481 e. The van der Waals surface area contributed by atoms with Crippen molar-refractivity contribution >= 4 is 23.6 Å². The molecule has 0 aliphatic carbocycles. The Labute approximate surface area is 149 Å². The summed E-state index contributed by atoms with van der Waals surface area (Å²) in [5, 5.41) is 21.3. The van der Waals surface area contributed by atoms with E-state index in [1.165, 1.54) is 12.3 Å². The van der Waals surface area contributed by atoms with Crippen LogP contribution in [0.3, 0.4) is 0 Å². The number of pyridine rings is 1. The largest absolute Gasteiger partial charge is 0.481 e. The predicted octanol–water partition coefficient (Wildman–Crippen LogP) is 0.547. The van der Waals surface area contributed by atoms with Crippen molar-refractivity contribution in [3.8, 4) is 0 Å². The van der Waals surface area contributed by atoms with Crippen molar-refractivity contribution in [1.29, 1.82) is 0 Å². The van der Waals surface area contributed by atoms with Crippen LogP contribution in [-0.2, 0) is 14.4 Å². The zero-order chi connectivity index (χ0) is 18.9. The number of carbonyl (C=O) groups is 3. The summed E-state index contributed by atoms with van der Waals surface area (Å²) in [4.78, 5) is 39.7. The highest BCUT2D eigenvalue weighted by Gasteiger charge is 2.36. The van der Waals surface area contributed by atoms with E-state index in [2.05, 4.69) is 10.3 Å². The second-order valence-corrected chi connectivity index (χ2v) is 6.86. The lowest BCUT2D eigenvalue weighted by molar-refractivity contribution is -0.143. The van der Waals surface area contributed by atoms with Crippen molar-refractivity contribution in [1.82, 2.24) is 10.3 Å². The van der Waals surface area contributed by atoms with Crippen LogP contribution in [0.5, 0.6) is 0 Å². The Morgan fingerprint density at radius 2 is 2.08 bits per heavy atom. The second-order valence-electron chi connectivity index (χ2n) is 6.86. The molecule has 9 heteroatoms. The van der Waals surface area contributed by atoms with Gasteiger partial charge in [-0.1, -0.05) is 0 Å². The zero-order valence-corrected chi connectivity index (χ0v) is 14.1. The van der Waals surface area contributed by atoms with Gasteiger partial charge in [-0.05, 0) is 30.9 Å². The minimum absolute atomic E-state index is 0.110. The van der Waals surface area contributed by atoms with Gasteiger partial charge in [0.25, 0.3) is 0 Å². The SMILES string of the molecule is O=C(O)CC1(O)CCN(c2ncc(C3CCC(=O)NC3=O)cc2F)CC1. The number of amides is 2. The number of rotatable bonds is 4. The number of aromatic nitrogens is 1. The molecule has 0 radical (unpaired) electrons. The van der Waals surface area contributed by atoms with E-state index in [0.717, 1.165) is 0 Å². The van der Waals surface area contributed by atoms with Gasteiger partial charge in [0.15, 0.2) is 11.6 Å². The third-order valence-electron chi connectivity index (χ3n) is 4.96. The molecule has 0 spiro atoms. The first-order valence-corrected chi connectivity index (χ1v) is 8.46. The molecular weight excluding hydrogens is 345 g/mol. The maximum absolute atomic E-state index is 14.5. The van der Waals surface area contributed by atoms with Crippen molar-refractivity contribution in [2.24, 2.45) is 0 Å². The van der Waals surface area contributed by atoms with Gasteiger partial charge in [-0.2, -0.15) is 0 Å². The number of nitrogens with zero attached hydrogens (tertiary/aromatic N) is 2. The van der Waals surface area contributed by atoms with E-state index in [4.69, 9.17) is 5.11 Å². The first-order chi connectivity index (χ1) is 12.3. The van der Waals surface area contributed by atoms with E-state index in [1.807, 2.05) is 0 Å². The van der Waals surface area contributed by atoms with E-state index in [-0.39, 0.29) is 50.5 Å². The Balaban J connectivity index is 1.70. The van der Waals surface area contributed by atoms with Crippen LogP contribution in [0.4, 0.5) is 10.2 Å². The number of piperidine rings is 2. The molecule has 2 amide bonds. The van der Waals surface area contributed by atoms with Crippen LogP contribution in [0.25, 0.3) is 0 Å². The smallest absolute Gasteiger partial charge is 0.306 e. The quantitative estimate of drug-likeness (QED) is 0.666. The summed E-state index contributed by atoms with van der Waals surface area (Å²) in [6.07, 6.45) is 2.01. The van der Waals surface area contributed by atoms with Gasteiger partial charge in [-0.25, -0.2) is 9.37 Å². The Hall–Kier alpha value is -2.55. The first kappa shape index (κ1) is 18.2. The number of halogens is 1. The van der Waals surface area contributed by atoms with Gasteiger partial charge < -0.3 is 15.1 Å². The van der Waals surface area contributed by atoms with Gasteiger partial charge in [-0.3, -0.25) is 19.7 Å². The lowest BCUT2D eigenvalue weighted by atomic mass is 9.88. The molecule has 0 bridgehead atoms. The van der Waals surface area contributed by atoms with Gasteiger partial charge >= 0.3 is 5.97 Å². The van der Waals surface area contributed by atoms with Crippen LogP contribution in [0, 0.1) is 5.82 Å². The summed E-state index contributed by atoms with van der Waals surface area (Å²) in [5.41, 5.74) is -0.874. The average molecular weight is 365 g/mol. The molecule has 1 atom stereocenters. The molecular formula is C17H20FN3O5. The molecule has 2 aliphatic rings. The van der Waals surface area contributed by atoms with Crippen LogP contribution in [0.15, 0.2) is 12.3 Å². The van der Waals surface area contributed by atoms with Crippen molar-refractivity contribution in [3.63, 3.8) is 0 Å². The third kappa shape index (κ3) is 3.82. The highest BCUT2D eigenvalue weighted by molar-refractivity contribution is 6.00. The molecule has 140 valence electrons. The molecule has 1 aromatic heterocycles. The maximum Gasteiger partial charge on any atom is 0.306 e. The van der Waals surface area contributed by atoms with Crippen LogP contribution in [0.2, 0.25) is 0 Å². The summed E-state index contributed by atoms with van der Waals surface area (Å²) in [6, 6.07) is 1.25. The number of carbonyl (C=O) groups excluding carboxylic acids is 2. The summed E-state index contributed by atoms with van der Waals surface area (Å²) in [6.45, 7) is 0.566. The van der Waals surface area contributed by atoms with Crippen LogP contribution in [0.1, 0.15) is 43.6 Å². The summed E-state index contributed by atoms with van der Waals surface area (Å²) in [5.74, 6) is -2.94. The van der Waals surface area contributed by atoms with E-state index in [9.17, 15) is 23.9 Å². The molecule has 3 heterocycles. The van der Waals surface area contributed by atoms with E-state index in [0.29, 0.717) is 12.0 Å². The number of imide groups is 1. The monoisotopic (exact) mass is 365 g/mol. The molecule has 2 aliphatic heterocycles. The second kappa shape index (κ2) is 6.99. The number of aliphatic hydroxyl groups is 1. The standard InChI is InChI=1S/C17H20FN3O5/c18-12-7-10(11-1-2-13(22)20-16(11)25)9-19-15(12)21-5-3-17(26,4-6-21)8-14(23)24/h7,9,11,26H,1-6,8H2,(H,23,24)(H,20,22,25). The maximum atomic E-state index is 14.5. The van der Waals surface area contributed by atoms with Crippen LogP contribution < -0.4 is 10.2 Å². The Morgan fingerprint density at radius 1 is 1.38 bits per heavy atom. The third-order valence-corrected chi connectivity index (χ3v) is 4.96. The predicted molar refractivity (Wildman–Crippen MR) is 88.0 cm³/mol. The zero-order valence-electron chi connectivity index (χ0n) is 14.1. The van der Waals surface area contributed by atoms with Gasteiger partial charge in [0.1, 0.15) is 0 Å². The van der Waals surface area contributed by atoms with Gasteiger partial charge in [-0.15, -0.1) is 0 Å². The van der Waals surface area contributed by atoms with Crippen molar-refractivity contribution in [2.75, 3.05) is 18.0 Å². The van der Waals surface area contributed by atoms with Gasteiger partial charge in [0.2, 0.25) is 11.8 Å². The summed E-state index contributed by atoms with van der Waals surface area (Å²) >= 11 is 0. The highest BCUT2D eigenvalue weighted by atomic mass is 19.1. The minimum atomic E-state index is -1.29. The molecule has 3 N–H and O–H groups in total. The number of carboxylic acid groups (broad SMARTS) is 1. The molecule has 1 aromatic rings. The Morgan fingerprint density at radius 3 is 2.65 bits per heavy atom. The van der Waals surface area contributed by atoms with Gasteiger partial charge in [0.05, 0.1) is 17.9 Å². The molecule has 2 fully saturated rings. The van der Waals surface area contributed by atoms with Crippen molar-refractivity contribution in [3.05, 3.63) is 23.6 Å². The highest BCUT2D eigenvalue weighted by Crippen LogP contribution is 2.31. The number of hydrogen-bond acceptors (Lipinski definition) is 6. The fourth-order valence-corrected chi connectivity index (χ4v) is 3.47. The molecule has 1 unspecified atom stereocenters. The number of aliphatic carboxylic acids is 1. The molecule has 0 aromatic carbocycles. The summed E-state index contributed by atoms with van der Waals surface area (Å²) < 4.78 is 14.5. The van der Waals surface area contributed by atoms with Crippen LogP contribution >= 0.6 is 0 Å². The topological polar surface area (TPSA) is 120 Å². The Bertz CT molecular complexity index is 746. The lowest BCUT2D eigenvalue weighted by Gasteiger charge is -2.38. The van der Waals surface area contributed by atoms with E-state index in [1.54, 1.807) is 4.90 Å². The molecule has 0 saturated carbocycles. The van der Waals surface area contributed by atoms with Crippen molar-refractivity contribution in [2.45, 2.75) is 43.6 Å². The fourth-order valence-electron chi connectivity index (χ4n) is 3.47. The lowest BCUT2D eigenvalue weighted by Crippen LogP contribution is -2.46. The van der Waals surface area contributed by atoms with Crippen LogP contribution in [-0.4, -0.2) is 51.7 Å². The summed E-state index contributed by atoms with van der Waals surface area (Å²) in [7, 11) is 0. The van der Waals surface area contributed by atoms with E-state index >= 15 is 0 Å². The number of carboxylic acids is 1. The number of nitrogens with one attached hydrogen (secondary N) is 1.